The molecule has 1 atom stereocenters. The van der Waals surface area contributed by atoms with Gasteiger partial charge in [-0.2, -0.15) is 0 Å². The van der Waals surface area contributed by atoms with E-state index in [0.717, 1.165) is 18.4 Å². The fourth-order valence-electron chi connectivity index (χ4n) is 3.79. The molecule has 130 valence electrons. The molecule has 2 heterocycles. The van der Waals surface area contributed by atoms with Gasteiger partial charge in [-0.1, -0.05) is 12.1 Å². The highest BCUT2D eigenvalue weighted by Crippen LogP contribution is 2.40. The Morgan fingerprint density at radius 2 is 2.00 bits per heavy atom. The van der Waals surface area contributed by atoms with Crippen molar-refractivity contribution >= 4 is 11.8 Å². The number of carbonyl (C=O) groups excluding carboxylic acids is 2. The molecule has 2 amide bonds. The number of halogens is 1. The summed E-state index contributed by atoms with van der Waals surface area (Å²) in [6.45, 7) is 2.35. The van der Waals surface area contributed by atoms with E-state index >= 15 is 0 Å². The lowest BCUT2D eigenvalue weighted by atomic mass is 9.78. The van der Waals surface area contributed by atoms with Crippen LogP contribution in [0.5, 0.6) is 0 Å². The van der Waals surface area contributed by atoms with Crippen molar-refractivity contribution < 1.29 is 18.7 Å². The zero-order chi connectivity index (χ0) is 17.2. The Kier molecular flexibility index (Phi) is 4.85. The van der Waals surface area contributed by atoms with Crippen LogP contribution in [0.15, 0.2) is 24.3 Å². The van der Waals surface area contributed by atoms with Crippen LogP contribution in [0.4, 0.5) is 4.39 Å². The second-order valence-corrected chi connectivity index (χ2v) is 6.74. The first-order chi connectivity index (χ1) is 11.5. The second kappa shape index (κ2) is 6.89. The fourth-order valence-corrected chi connectivity index (χ4v) is 3.79. The van der Waals surface area contributed by atoms with Crippen molar-refractivity contribution in [3.05, 3.63) is 35.6 Å². The van der Waals surface area contributed by atoms with Gasteiger partial charge < -0.3 is 14.5 Å². The third-order valence-electron chi connectivity index (χ3n) is 5.09. The summed E-state index contributed by atoms with van der Waals surface area (Å²) in [5.74, 6) is -0.216. The van der Waals surface area contributed by atoms with E-state index in [9.17, 15) is 14.0 Å². The molecule has 0 N–H and O–H groups in total. The smallest absolute Gasteiger partial charge is 0.248 e. The van der Waals surface area contributed by atoms with Gasteiger partial charge in [0, 0.05) is 33.3 Å². The molecule has 1 aromatic rings. The van der Waals surface area contributed by atoms with E-state index in [0.29, 0.717) is 32.6 Å². The summed E-state index contributed by atoms with van der Waals surface area (Å²) in [4.78, 5) is 28.6. The van der Waals surface area contributed by atoms with Gasteiger partial charge in [-0.3, -0.25) is 9.59 Å². The third kappa shape index (κ3) is 3.29. The van der Waals surface area contributed by atoms with Crippen LogP contribution >= 0.6 is 0 Å². The molecule has 0 saturated carbocycles. The number of hydrogen-bond donors (Lipinski definition) is 0. The molecule has 0 aliphatic carbocycles. The molecule has 0 bridgehead atoms. The minimum atomic E-state index is -0.457. The van der Waals surface area contributed by atoms with Gasteiger partial charge in [0.15, 0.2) is 0 Å². The molecule has 2 aliphatic rings. The van der Waals surface area contributed by atoms with E-state index < -0.39 is 5.41 Å². The molecule has 2 aliphatic heterocycles. The van der Waals surface area contributed by atoms with E-state index in [-0.39, 0.29) is 24.2 Å². The molecule has 1 spiro atoms. The number of likely N-dealkylation sites (tertiary alicyclic amines) is 2. The highest BCUT2D eigenvalue weighted by atomic mass is 19.1. The minimum absolute atomic E-state index is 0.0576. The average molecular weight is 334 g/mol. The molecular formula is C18H23FN2O3. The van der Waals surface area contributed by atoms with Gasteiger partial charge in [-0.15, -0.1) is 0 Å². The Labute approximate surface area is 141 Å². The molecule has 0 aromatic heterocycles. The van der Waals surface area contributed by atoms with Crippen LogP contribution in [0.2, 0.25) is 0 Å². The van der Waals surface area contributed by atoms with Crippen molar-refractivity contribution in [2.75, 3.05) is 33.4 Å². The van der Waals surface area contributed by atoms with Crippen LogP contribution in [-0.4, -0.2) is 55.0 Å². The second-order valence-electron chi connectivity index (χ2n) is 6.74. The van der Waals surface area contributed by atoms with Gasteiger partial charge >= 0.3 is 0 Å². The lowest BCUT2D eigenvalue weighted by Gasteiger charge is -2.39. The van der Waals surface area contributed by atoms with Crippen LogP contribution < -0.4 is 0 Å². The van der Waals surface area contributed by atoms with Crippen molar-refractivity contribution in [1.82, 2.24) is 9.80 Å². The number of amides is 2. The molecule has 1 unspecified atom stereocenters. The van der Waals surface area contributed by atoms with E-state index in [1.165, 1.54) is 19.2 Å². The summed E-state index contributed by atoms with van der Waals surface area (Å²) in [7, 11) is 1.50. The predicted molar refractivity (Wildman–Crippen MR) is 86.6 cm³/mol. The van der Waals surface area contributed by atoms with Gasteiger partial charge in [-0.25, -0.2) is 4.39 Å². The summed E-state index contributed by atoms with van der Waals surface area (Å²) < 4.78 is 17.9. The Balaban J connectivity index is 1.69. The van der Waals surface area contributed by atoms with Crippen LogP contribution in [0.3, 0.4) is 0 Å². The largest absolute Gasteiger partial charge is 0.375 e. The third-order valence-corrected chi connectivity index (χ3v) is 5.09. The summed E-state index contributed by atoms with van der Waals surface area (Å²) in [6.07, 6.45) is 2.46. The minimum Gasteiger partial charge on any atom is -0.375 e. The van der Waals surface area contributed by atoms with Crippen LogP contribution in [0.1, 0.15) is 24.8 Å². The number of methoxy groups -OCH3 is 1. The summed E-state index contributed by atoms with van der Waals surface area (Å²) in [5.41, 5.74) is 0.467. The van der Waals surface area contributed by atoms with Crippen molar-refractivity contribution in [3.63, 3.8) is 0 Å². The molecule has 24 heavy (non-hydrogen) atoms. The molecule has 3 rings (SSSR count). The number of piperidine rings is 1. The monoisotopic (exact) mass is 334 g/mol. The van der Waals surface area contributed by atoms with Gasteiger partial charge in [0.1, 0.15) is 12.4 Å². The van der Waals surface area contributed by atoms with Gasteiger partial charge in [-0.05, 0) is 37.0 Å². The van der Waals surface area contributed by atoms with Gasteiger partial charge in [0.05, 0.1) is 5.41 Å². The number of rotatable bonds is 4. The number of benzene rings is 1. The first kappa shape index (κ1) is 16.9. The number of hydrogen-bond acceptors (Lipinski definition) is 3. The van der Waals surface area contributed by atoms with Crippen LogP contribution in [0.25, 0.3) is 0 Å². The molecule has 6 heteroatoms. The molecule has 2 fully saturated rings. The van der Waals surface area contributed by atoms with Gasteiger partial charge in [0.25, 0.3) is 0 Å². The van der Waals surface area contributed by atoms with Crippen molar-refractivity contribution in [1.29, 1.82) is 0 Å². The van der Waals surface area contributed by atoms with E-state index in [2.05, 4.69) is 0 Å². The zero-order valence-electron chi connectivity index (χ0n) is 14.0. The van der Waals surface area contributed by atoms with Crippen LogP contribution in [-0.2, 0) is 20.9 Å². The Morgan fingerprint density at radius 1 is 1.25 bits per heavy atom. The fraction of sp³-hybridized carbons (Fsp3) is 0.556. The SMILES string of the molecule is COCC(=O)N1CCC2(CCCN(Cc3ccc(F)cc3)C2=O)C1. The Bertz CT molecular complexity index is 619. The Hall–Kier alpha value is -1.95. The lowest BCUT2D eigenvalue weighted by Crippen LogP contribution is -2.50. The first-order valence-corrected chi connectivity index (χ1v) is 8.35. The maximum atomic E-state index is 13.0. The van der Waals surface area contributed by atoms with Crippen molar-refractivity contribution in [2.24, 2.45) is 5.41 Å². The lowest BCUT2D eigenvalue weighted by molar-refractivity contribution is -0.147. The molecule has 5 nitrogen and oxygen atoms in total. The maximum Gasteiger partial charge on any atom is 0.248 e. The standard InChI is InChI=1S/C18H23FN2O3/c1-24-12-16(22)21-10-8-18(13-21)7-2-9-20(17(18)23)11-14-3-5-15(19)6-4-14/h3-6H,2,7-13H2,1H3. The van der Waals surface area contributed by atoms with E-state index in [1.54, 1.807) is 17.0 Å². The topological polar surface area (TPSA) is 49.9 Å². The molecule has 1 aromatic carbocycles. The molecule has 2 saturated heterocycles. The summed E-state index contributed by atoms with van der Waals surface area (Å²) in [5, 5.41) is 0. The highest BCUT2D eigenvalue weighted by molar-refractivity contribution is 5.86. The predicted octanol–water partition coefficient (Wildman–Crippen LogP) is 1.81. The number of carbonyl (C=O) groups is 2. The zero-order valence-corrected chi connectivity index (χ0v) is 14.0. The van der Waals surface area contributed by atoms with Crippen molar-refractivity contribution in [2.45, 2.75) is 25.8 Å². The average Bonchev–Trinajstić information content (AvgIpc) is 3.00. The van der Waals surface area contributed by atoms with Crippen LogP contribution in [0, 0.1) is 11.2 Å². The summed E-state index contributed by atoms with van der Waals surface area (Å²) in [6, 6.07) is 6.26. The molecule has 0 radical (unpaired) electrons. The normalized spacial score (nSPS) is 24.0. The van der Waals surface area contributed by atoms with Crippen molar-refractivity contribution in [3.8, 4) is 0 Å². The number of ether oxygens (including phenoxy) is 1. The van der Waals surface area contributed by atoms with E-state index in [1.807, 2.05) is 4.90 Å². The summed E-state index contributed by atoms with van der Waals surface area (Å²) >= 11 is 0. The highest BCUT2D eigenvalue weighted by Gasteiger charge is 2.49. The van der Waals surface area contributed by atoms with Gasteiger partial charge in [0.2, 0.25) is 11.8 Å². The maximum absolute atomic E-state index is 13.0. The quantitative estimate of drug-likeness (QED) is 0.844. The number of nitrogens with zero attached hydrogens (tertiary/aromatic N) is 2. The first-order valence-electron chi connectivity index (χ1n) is 8.35. The Morgan fingerprint density at radius 3 is 2.71 bits per heavy atom. The molecular weight excluding hydrogens is 311 g/mol. The van der Waals surface area contributed by atoms with E-state index in [4.69, 9.17) is 4.74 Å².